The Morgan fingerprint density at radius 3 is 2.26 bits per heavy atom. The predicted molar refractivity (Wildman–Crippen MR) is 177 cm³/mol. The van der Waals surface area contributed by atoms with Crippen LogP contribution in [0.25, 0.3) is 0 Å². The van der Waals surface area contributed by atoms with Gasteiger partial charge in [0.05, 0.1) is 30.3 Å². The van der Waals surface area contributed by atoms with Crippen LogP contribution in [0.5, 0.6) is 0 Å². The summed E-state index contributed by atoms with van der Waals surface area (Å²) < 4.78 is 17.8. The van der Waals surface area contributed by atoms with Crippen LogP contribution >= 0.6 is 0 Å². The largest absolute Gasteiger partial charge is 0.457 e. The van der Waals surface area contributed by atoms with Crippen molar-refractivity contribution in [3.8, 4) is 0 Å². The fourth-order valence-electron chi connectivity index (χ4n) is 9.85. The van der Waals surface area contributed by atoms with E-state index in [-0.39, 0.29) is 35.6 Å². The lowest BCUT2D eigenvalue weighted by molar-refractivity contribution is -0.293. The molecule has 2 bridgehead atoms. The zero-order chi connectivity index (χ0) is 35.1. The van der Waals surface area contributed by atoms with Crippen molar-refractivity contribution in [1.82, 2.24) is 5.32 Å². The molecule has 0 radical (unpaired) electrons. The van der Waals surface area contributed by atoms with Crippen molar-refractivity contribution in [3.05, 3.63) is 47.0 Å². The predicted octanol–water partition coefficient (Wildman–Crippen LogP) is 5.92. The number of ether oxygens (including phenoxy) is 3. The topological polar surface area (TPSA) is 131 Å². The molecule has 3 aliphatic carbocycles. The van der Waals surface area contributed by atoms with E-state index in [2.05, 4.69) is 19.2 Å². The maximum atomic E-state index is 14.6. The molecule has 3 N–H and O–H groups in total. The van der Waals surface area contributed by atoms with Crippen molar-refractivity contribution in [2.24, 2.45) is 39.9 Å². The number of carbonyl (C=O) groups excluding carboxylic acids is 3. The summed E-state index contributed by atoms with van der Waals surface area (Å²) in [5.74, 6) is -2.41. The van der Waals surface area contributed by atoms with Crippen LogP contribution in [-0.4, -0.2) is 64.2 Å². The maximum Gasteiger partial charge on any atom is 0.408 e. The van der Waals surface area contributed by atoms with Crippen LogP contribution < -0.4 is 5.32 Å². The van der Waals surface area contributed by atoms with Gasteiger partial charge in [-0.25, -0.2) is 4.79 Å². The van der Waals surface area contributed by atoms with Gasteiger partial charge < -0.3 is 29.7 Å². The van der Waals surface area contributed by atoms with Crippen molar-refractivity contribution in [1.29, 1.82) is 0 Å². The molecule has 5 rings (SSSR count). The summed E-state index contributed by atoms with van der Waals surface area (Å²) in [6.45, 7) is 21.2. The van der Waals surface area contributed by atoms with Crippen LogP contribution in [0, 0.1) is 39.9 Å². The molecule has 9 nitrogen and oxygen atoms in total. The minimum atomic E-state index is -1.47. The number of alkyl carbamates (subject to hydrolysis) is 1. The normalized spacial score (nSPS) is 39.2. The summed E-state index contributed by atoms with van der Waals surface area (Å²) in [7, 11) is 0. The van der Waals surface area contributed by atoms with Gasteiger partial charge in [-0.15, -0.1) is 0 Å². The lowest BCUT2D eigenvalue weighted by Gasteiger charge is -2.69. The van der Waals surface area contributed by atoms with E-state index in [1.165, 1.54) is 0 Å². The lowest BCUT2D eigenvalue weighted by Crippen LogP contribution is -2.73. The SMILES string of the molecule is CC1=C2[C@@H](O)C(=O)[C@@]3(C)C(C(C)[C@](O)(C[C@@H]1OC(=O)[C@H](C)[C@@H](NC(=O)OC(C)(C)C)c1ccccc1)C2(C)C)[C@]1(C)CO[C@@H]1C[C@@H]3C. The number of carbonyl (C=O) groups is 3. The molecular weight excluding hydrogens is 598 g/mol. The molecule has 4 aliphatic rings. The van der Waals surface area contributed by atoms with Gasteiger partial charge in [-0.05, 0) is 75.5 Å². The molecule has 0 aromatic heterocycles. The van der Waals surface area contributed by atoms with Crippen LogP contribution in [-0.2, 0) is 23.8 Å². The number of nitrogens with one attached hydrogen (secondary N) is 1. The number of Topliss-reactive ketones (excluding diaryl/α,β-unsaturated/α-hetero) is 1. The highest BCUT2D eigenvalue weighted by atomic mass is 16.6. The lowest BCUT2D eigenvalue weighted by atomic mass is 9.39. The number of amides is 1. The minimum Gasteiger partial charge on any atom is -0.457 e. The average molecular weight is 654 g/mol. The Labute approximate surface area is 279 Å². The number of fused-ring (bicyclic) bond motifs is 5. The van der Waals surface area contributed by atoms with E-state index in [1.807, 2.05) is 58.0 Å². The Morgan fingerprint density at radius 1 is 1.09 bits per heavy atom. The Bertz CT molecular complexity index is 1450. The highest BCUT2D eigenvalue weighted by Crippen LogP contribution is 2.68. The molecule has 9 heteroatoms. The van der Waals surface area contributed by atoms with Crippen molar-refractivity contribution in [3.63, 3.8) is 0 Å². The number of aliphatic hydroxyl groups is 2. The molecule has 11 atom stereocenters. The molecule has 1 saturated heterocycles. The highest BCUT2D eigenvalue weighted by molar-refractivity contribution is 5.93. The summed E-state index contributed by atoms with van der Waals surface area (Å²) >= 11 is 0. The standard InChI is InChI=1S/C38H55NO8/c1-20-17-26-36(10,19-45-26)30-23(4)38(44)18-25(21(2)27(35(38,8)9)29(40)31(41)37(20,30)11)46-32(42)22(3)28(24-15-13-12-14-16-24)39-33(43)47-34(5,6)7/h12-16,20,22-23,25-26,28-30,40,44H,17-19H2,1-11H3,(H,39,43)/t20-,22+,23?,25-,26+,28+,29+,30?,36+,37+,38+/m0/s1. The van der Waals surface area contributed by atoms with E-state index >= 15 is 0 Å². The van der Waals surface area contributed by atoms with Crippen molar-refractivity contribution in [2.75, 3.05) is 6.61 Å². The van der Waals surface area contributed by atoms with E-state index in [1.54, 1.807) is 34.6 Å². The second-order valence-electron chi connectivity index (χ2n) is 16.9. The first-order valence-electron chi connectivity index (χ1n) is 17.1. The van der Waals surface area contributed by atoms with E-state index in [4.69, 9.17) is 14.2 Å². The Hall–Kier alpha value is -2.75. The average Bonchev–Trinajstić information content (AvgIpc) is 2.98. The number of ketones is 1. The van der Waals surface area contributed by atoms with Gasteiger partial charge in [-0.3, -0.25) is 9.59 Å². The summed E-state index contributed by atoms with van der Waals surface area (Å²) in [5, 5.41) is 27.9. The monoisotopic (exact) mass is 653 g/mol. The fourth-order valence-corrected chi connectivity index (χ4v) is 9.85. The van der Waals surface area contributed by atoms with Crippen LogP contribution in [0.15, 0.2) is 41.5 Å². The minimum absolute atomic E-state index is 0.0312. The third-order valence-corrected chi connectivity index (χ3v) is 12.7. The van der Waals surface area contributed by atoms with Gasteiger partial charge in [0.1, 0.15) is 17.8 Å². The number of benzene rings is 1. The van der Waals surface area contributed by atoms with Crippen LogP contribution in [0.4, 0.5) is 4.79 Å². The van der Waals surface area contributed by atoms with Gasteiger partial charge in [-0.2, -0.15) is 0 Å². The van der Waals surface area contributed by atoms with E-state index < -0.39 is 64.2 Å². The molecule has 47 heavy (non-hydrogen) atoms. The van der Waals surface area contributed by atoms with Gasteiger partial charge in [0.25, 0.3) is 0 Å². The number of rotatable bonds is 5. The van der Waals surface area contributed by atoms with Crippen molar-refractivity contribution >= 4 is 17.8 Å². The molecule has 1 heterocycles. The third-order valence-electron chi connectivity index (χ3n) is 12.7. The molecule has 2 unspecified atom stereocenters. The van der Waals surface area contributed by atoms with Gasteiger partial charge in [0.2, 0.25) is 0 Å². The fraction of sp³-hybridized carbons (Fsp3) is 0.711. The zero-order valence-electron chi connectivity index (χ0n) is 30.0. The molecule has 1 amide bonds. The Morgan fingerprint density at radius 2 is 1.70 bits per heavy atom. The molecule has 2 saturated carbocycles. The Kier molecular flexibility index (Phi) is 8.85. The summed E-state index contributed by atoms with van der Waals surface area (Å²) in [6.07, 6.45) is -2.23. The van der Waals surface area contributed by atoms with Gasteiger partial charge in [0.15, 0.2) is 5.78 Å². The first-order valence-corrected chi connectivity index (χ1v) is 17.1. The highest BCUT2D eigenvalue weighted by Gasteiger charge is 2.72. The smallest absolute Gasteiger partial charge is 0.408 e. The molecule has 0 spiro atoms. The quantitative estimate of drug-likeness (QED) is 0.264. The molecule has 3 fully saturated rings. The van der Waals surface area contributed by atoms with E-state index in [0.717, 1.165) is 0 Å². The number of hydrogen-bond donors (Lipinski definition) is 3. The number of aliphatic hydroxyl groups excluding tert-OH is 1. The molecule has 260 valence electrons. The second-order valence-corrected chi connectivity index (χ2v) is 16.9. The van der Waals surface area contributed by atoms with Crippen LogP contribution in [0.3, 0.4) is 0 Å². The second kappa shape index (κ2) is 11.7. The number of hydrogen-bond acceptors (Lipinski definition) is 8. The first kappa shape index (κ1) is 35.6. The van der Waals surface area contributed by atoms with E-state index in [0.29, 0.717) is 29.7 Å². The van der Waals surface area contributed by atoms with E-state index in [9.17, 15) is 24.6 Å². The van der Waals surface area contributed by atoms with Crippen molar-refractivity contribution < 1.29 is 38.8 Å². The third kappa shape index (κ3) is 5.45. The molecule has 1 aliphatic heterocycles. The zero-order valence-corrected chi connectivity index (χ0v) is 30.0. The number of esters is 1. The van der Waals surface area contributed by atoms with Gasteiger partial charge in [0, 0.05) is 22.7 Å². The maximum absolute atomic E-state index is 14.6. The van der Waals surface area contributed by atoms with Crippen LogP contribution in [0.1, 0.15) is 101 Å². The van der Waals surface area contributed by atoms with Crippen LogP contribution in [0.2, 0.25) is 0 Å². The molecular formula is C38H55NO8. The molecule has 1 aromatic carbocycles. The first-order chi connectivity index (χ1) is 21.6. The van der Waals surface area contributed by atoms with Gasteiger partial charge in [-0.1, -0.05) is 71.9 Å². The summed E-state index contributed by atoms with van der Waals surface area (Å²) in [4.78, 5) is 41.5. The van der Waals surface area contributed by atoms with Crippen molar-refractivity contribution in [2.45, 2.75) is 125 Å². The summed E-state index contributed by atoms with van der Waals surface area (Å²) in [6, 6.07) is 8.41. The molecule has 1 aromatic rings. The summed E-state index contributed by atoms with van der Waals surface area (Å²) in [5.41, 5.74) is -2.71. The van der Waals surface area contributed by atoms with Gasteiger partial charge >= 0.3 is 12.1 Å². The Balaban J connectivity index is 1.53.